The van der Waals surface area contributed by atoms with E-state index in [-0.39, 0.29) is 18.3 Å². The van der Waals surface area contributed by atoms with Crippen LogP contribution >= 0.6 is 11.3 Å². The smallest absolute Gasteiger partial charge is 0.319 e. The van der Waals surface area contributed by atoms with Crippen LogP contribution in [-0.2, 0) is 0 Å². The number of carbonyl (C=O) groups is 1. The van der Waals surface area contributed by atoms with E-state index in [0.29, 0.717) is 12.1 Å². The summed E-state index contributed by atoms with van der Waals surface area (Å²) in [5.74, 6) is 0. The van der Waals surface area contributed by atoms with Gasteiger partial charge in [0.25, 0.3) is 5.69 Å². The Bertz CT molecular complexity index is 628. The fourth-order valence-corrected chi connectivity index (χ4v) is 2.71. The summed E-state index contributed by atoms with van der Waals surface area (Å²) in [4.78, 5) is 23.0. The van der Waals surface area contributed by atoms with Crippen LogP contribution in [0.4, 0.5) is 16.2 Å². The molecule has 0 unspecified atom stereocenters. The number of amides is 2. The van der Waals surface area contributed by atoms with Crippen molar-refractivity contribution in [3.8, 4) is 0 Å². The first-order valence-electron chi connectivity index (χ1n) is 6.56. The molecule has 1 atom stereocenters. The van der Waals surface area contributed by atoms with Gasteiger partial charge in [-0.05, 0) is 30.0 Å². The largest absolute Gasteiger partial charge is 0.396 e. The number of non-ortho nitro benzene ring substituents is 1. The lowest BCUT2D eigenvalue weighted by Crippen LogP contribution is -2.32. The van der Waals surface area contributed by atoms with Crippen molar-refractivity contribution in [2.24, 2.45) is 0 Å². The molecular weight excluding hydrogens is 306 g/mol. The van der Waals surface area contributed by atoms with Crippen molar-refractivity contribution in [3.05, 3.63) is 56.8 Å². The molecule has 0 aliphatic heterocycles. The van der Waals surface area contributed by atoms with Crippen LogP contribution < -0.4 is 10.6 Å². The lowest BCUT2D eigenvalue weighted by atomic mass is 10.2. The number of nitro benzene ring substituents is 1. The van der Waals surface area contributed by atoms with Gasteiger partial charge in [-0.25, -0.2) is 4.79 Å². The van der Waals surface area contributed by atoms with Gasteiger partial charge in [-0.3, -0.25) is 10.1 Å². The number of aliphatic hydroxyl groups excluding tert-OH is 1. The fourth-order valence-electron chi connectivity index (χ4n) is 1.90. The van der Waals surface area contributed by atoms with Gasteiger partial charge in [0.1, 0.15) is 0 Å². The maximum Gasteiger partial charge on any atom is 0.319 e. The summed E-state index contributed by atoms with van der Waals surface area (Å²) in [5, 5.41) is 26.9. The van der Waals surface area contributed by atoms with Crippen molar-refractivity contribution < 1.29 is 14.8 Å². The topological polar surface area (TPSA) is 104 Å². The van der Waals surface area contributed by atoms with Gasteiger partial charge < -0.3 is 15.7 Å². The predicted octanol–water partition coefficient (Wildman–Crippen LogP) is 2.90. The summed E-state index contributed by atoms with van der Waals surface area (Å²) in [6.07, 6.45) is 0.411. The van der Waals surface area contributed by atoms with Crippen molar-refractivity contribution in [3.63, 3.8) is 0 Å². The number of benzene rings is 1. The lowest BCUT2D eigenvalue weighted by Gasteiger charge is -2.17. The van der Waals surface area contributed by atoms with Gasteiger partial charge in [0, 0.05) is 29.3 Å². The van der Waals surface area contributed by atoms with Crippen molar-refractivity contribution in [1.29, 1.82) is 0 Å². The lowest BCUT2D eigenvalue weighted by molar-refractivity contribution is -0.384. The van der Waals surface area contributed by atoms with E-state index in [2.05, 4.69) is 10.6 Å². The zero-order valence-electron chi connectivity index (χ0n) is 11.6. The molecule has 1 heterocycles. The fraction of sp³-hybridized carbons (Fsp3) is 0.214. The summed E-state index contributed by atoms with van der Waals surface area (Å²) in [5.41, 5.74) is 0.416. The third kappa shape index (κ3) is 4.27. The van der Waals surface area contributed by atoms with Crippen LogP contribution in [-0.4, -0.2) is 22.7 Å². The van der Waals surface area contributed by atoms with Crippen LogP contribution in [0.25, 0.3) is 0 Å². The van der Waals surface area contributed by atoms with Crippen LogP contribution in [0.15, 0.2) is 41.8 Å². The zero-order valence-corrected chi connectivity index (χ0v) is 12.4. The third-order valence-corrected chi connectivity index (χ3v) is 3.93. The van der Waals surface area contributed by atoms with Gasteiger partial charge in [-0.15, -0.1) is 11.3 Å². The van der Waals surface area contributed by atoms with E-state index in [1.54, 1.807) is 0 Å². The molecule has 0 radical (unpaired) electrons. The van der Waals surface area contributed by atoms with E-state index < -0.39 is 11.0 Å². The standard InChI is InChI=1S/C14H15N3O4S/c18-8-7-12(13-2-1-9-22-13)16-14(19)15-10-3-5-11(6-4-10)17(20)21/h1-6,9,12,18H,7-8H2,(H2,15,16,19)/t12-/m0/s1. The number of aliphatic hydroxyl groups is 1. The van der Waals surface area contributed by atoms with E-state index in [4.69, 9.17) is 5.11 Å². The molecule has 1 aromatic carbocycles. The Labute approximate surface area is 130 Å². The number of nitrogens with one attached hydrogen (secondary N) is 2. The van der Waals surface area contributed by atoms with Gasteiger partial charge in [0.2, 0.25) is 0 Å². The highest BCUT2D eigenvalue weighted by Gasteiger charge is 2.15. The van der Waals surface area contributed by atoms with Gasteiger partial charge in [0.15, 0.2) is 0 Å². The van der Waals surface area contributed by atoms with E-state index in [9.17, 15) is 14.9 Å². The summed E-state index contributed by atoms with van der Waals surface area (Å²) in [6, 6.07) is 8.62. The molecule has 116 valence electrons. The van der Waals surface area contributed by atoms with Crippen molar-refractivity contribution >= 4 is 28.7 Å². The summed E-state index contributed by atoms with van der Waals surface area (Å²) in [6.45, 7) is -0.0413. The summed E-state index contributed by atoms with van der Waals surface area (Å²) >= 11 is 1.50. The first-order chi connectivity index (χ1) is 10.6. The highest BCUT2D eigenvalue weighted by Crippen LogP contribution is 2.22. The monoisotopic (exact) mass is 321 g/mol. The molecule has 2 amide bonds. The van der Waals surface area contributed by atoms with Crippen LogP contribution in [0.3, 0.4) is 0 Å². The Morgan fingerprint density at radius 3 is 2.59 bits per heavy atom. The molecule has 0 aliphatic rings. The number of hydrogen-bond donors (Lipinski definition) is 3. The minimum absolute atomic E-state index is 0.0392. The zero-order chi connectivity index (χ0) is 15.9. The Balaban J connectivity index is 1.97. The average molecular weight is 321 g/mol. The molecule has 0 spiro atoms. The molecule has 3 N–H and O–H groups in total. The van der Waals surface area contributed by atoms with E-state index in [0.717, 1.165) is 4.88 Å². The SMILES string of the molecule is O=C(Nc1ccc([N+](=O)[O-])cc1)N[C@@H](CCO)c1cccs1. The van der Waals surface area contributed by atoms with Crippen LogP contribution in [0.2, 0.25) is 0 Å². The van der Waals surface area contributed by atoms with Crippen LogP contribution in [0.5, 0.6) is 0 Å². The predicted molar refractivity (Wildman–Crippen MR) is 84.0 cm³/mol. The highest BCUT2D eigenvalue weighted by atomic mass is 32.1. The Morgan fingerprint density at radius 2 is 2.05 bits per heavy atom. The second-order valence-corrected chi connectivity index (χ2v) is 5.46. The molecule has 22 heavy (non-hydrogen) atoms. The Kier molecular flexibility index (Phi) is 5.45. The van der Waals surface area contributed by atoms with E-state index in [1.165, 1.54) is 35.6 Å². The second-order valence-electron chi connectivity index (χ2n) is 4.48. The first kappa shape index (κ1) is 15.9. The third-order valence-electron chi connectivity index (χ3n) is 2.95. The number of carbonyl (C=O) groups excluding carboxylic acids is 1. The normalized spacial score (nSPS) is 11.7. The maximum atomic E-state index is 12.0. The highest BCUT2D eigenvalue weighted by molar-refractivity contribution is 7.10. The van der Waals surface area contributed by atoms with Gasteiger partial charge in [-0.2, -0.15) is 0 Å². The number of hydrogen-bond acceptors (Lipinski definition) is 5. The molecule has 1 aromatic heterocycles. The molecule has 0 bridgehead atoms. The number of rotatable bonds is 6. The Morgan fingerprint density at radius 1 is 1.32 bits per heavy atom. The van der Waals surface area contributed by atoms with Gasteiger partial charge >= 0.3 is 6.03 Å². The minimum Gasteiger partial charge on any atom is -0.396 e. The van der Waals surface area contributed by atoms with Crippen molar-refractivity contribution in [2.45, 2.75) is 12.5 Å². The average Bonchev–Trinajstić information content (AvgIpc) is 3.01. The van der Waals surface area contributed by atoms with E-state index >= 15 is 0 Å². The molecule has 2 rings (SSSR count). The number of nitro groups is 1. The molecule has 8 heteroatoms. The molecular formula is C14H15N3O4S. The number of nitrogens with zero attached hydrogens (tertiary/aromatic N) is 1. The quantitative estimate of drug-likeness (QED) is 0.562. The van der Waals surface area contributed by atoms with Gasteiger partial charge in [-0.1, -0.05) is 6.07 Å². The van der Waals surface area contributed by atoms with Crippen molar-refractivity contribution in [2.75, 3.05) is 11.9 Å². The summed E-state index contributed by atoms with van der Waals surface area (Å²) in [7, 11) is 0. The maximum absolute atomic E-state index is 12.0. The van der Waals surface area contributed by atoms with Crippen LogP contribution in [0.1, 0.15) is 17.3 Å². The van der Waals surface area contributed by atoms with Gasteiger partial charge in [0.05, 0.1) is 11.0 Å². The molecule has 0 aliphatic carbocycles. The molecule has 0 saturated heterocycles. The molecule has 2 aromatic rings. The molecule has 0 saturated carbocycles. The van der Waals surface area contributed by atoms with E-state index in [1.807, 2.05) is 17.5 Å². The number of thiophene rings is 1. The minimum atomic E-state index is -0.502. The molecule has 0 fully saturated rings. The second kappa shape index (κ2) is 7.53. The van der Waals surface area contributed by atoms with Crippen molar-refractivity contribution in [1.82, 2.24) is 5.32 Å². The number of urea groups is 1. The molecule has 7 nitrogen and oxygen atoms in total. The Hall–Kier alpha value is -2.45. The number of anilines is 1. The first-order valence-corrected chi connectivity index (χ1v) is 7.44. The van der Waals surface area contributed by atoms with Crippen LogP contribution in [0, 0.1) is 10.1 Å². The summed E-state index contributed by atoms with van der Waals surface area (Å²) < 4.78 is 0.